The van der Waals surface area contributed by atoms with Crippen LogP contribution < -0.4 is 0 Å². The zero-order chi connectivity index (χ0) is 9.10. The van der Waals surface area contributed by atoms with Crippen molar-refractivity contribution in [2.24, 2.45) is 0 Å². The molecule has 65 valence electrons. The van der Waals surface area contributed by atoms with E-state index in [1.165, 1.54) is 0 Å². The molecule has 2 rings (SSSR count). The second kappa shape index (κ2) is 3.52. The van der Waals surface area contributed by atoms with Crippen LogP contribution in [0.4, 0.5) is 0 Å². The lowest BCUT2D eigenvalue weighted by atomic mass is 10.2. The maximum Gasteiger partial charge on any atom is 0.159 e. The zero-order valence-corrected chi connectivity index (χ0v) is 7.40. The predicted octanol–water partition coefficient (Wildman–Crippen LogP) is 2.40. The molecule has 2 nitrogen and oxygen atoms in total. The summed E-state index contributed by atoms with van der Waals surface area (Å²) in [4.78, 5) is 8.61. The molecule has 0 unspecified atom stereocenters. The minimum atomic E-state index is 0.827. The van der Waals surface area contributed by atoms with Crippen molar-refractivity contribution < 1.29 is 0 Å². The molecule has 2 aromatic rings. The van der Waals surface area contributed by atoms with E-state index in [0.717, 1.165) is 29.6 Å². The molecule has 0 saturated heterocycles. The molecule has 2 heterocycles. The van der Waals surface area contributed by atoms with Gasteiger partial charge in [-0.2, -0.15) is 0 Å². The number of hydrogen-bond donors (Lipinski definition) is 0. The molecule has 1 radical (unpaired) electrons. The number of nitrogens with zero attached hydrogens (tertiary/aromatic N) is 2. The first kappa shape index (κ1) is 8.17. The molecule has 0 aliphatic carbocycles. The fourth-order valence-corrected chi connectivity index (χ4v) is 1.31. The summed E-state index contributed by atoms with van der Waals surface area (Å²) in [6.45, 7) is 3.80. The van der Waals surface area contributed by atoms with Gasteiger partial charge < -0.3 is 0 Å². The lowest BCUT2D eigenvalue weighted by molar-refractivity contribution is 0.948. The third-order valence-corrected chi connectivity index (χ3v) is 1.95. The summed E-state index contributed by atoms with van der Waals surface area (Å²) in [5.74, 6) is 0. The van der Waals surface area contributed by atoms with Gasteiger partial charge in [0.25, 0.3) is 0 Å². The highest BCUT2D eigenvalue weighted by Crippen LogP contribution is 2.09. The fraction of sp³-hybridized carbons (Fsp3) is 0.182. The van der Waals surface area contributed by atoms with Crippen molar-refractivity contribution in [3.8, 4) is 0 Å². The first-order chi connectivity index (χ1) is 6.40. The summed E-state index contributed by atoms with van der Waals surface area (Å²) in [5, 5.41) is 1.09. The summed E-state index contributed by atoms with van der Waals surface area (Å²) < 4.78 is 0. The van der Waals surface area contributed by atoms with Gasteiger partial charge in [-0.1, -0.05) is 6.92 Å². The number of aryl methyl sites for hydroxylation is 1. The summed E-state index contributed by atoms with van der Waals surface area (Å²) in [7, 11) is 0. The lowest BCUT2D eigenvalue weighted by Gasteiger charge is -1.99. The summed E-state index contributed by atoms with van der Waals surface area (Å²) in [6.07, 6.45) is 3.57. The quantitative estimate of drug-likeness (QED) is 0.693. The minimum Gasteiger partial charge on any atom is -0.237 e. The largest absolute Gasteiger partial charge is 0.237 e. The maximum absolute atomic E-state index is 4.41. The highest BCUT2D eigenvalue weighted by atomic mass is 14.8. The number of hydrogen-bond acceptors (Lipinski definition) is 2. The second-order valence-corrected chi connectivity index (χ2v) is 2.96. The molecule has 2 heteroatoms. The molecule has 0 aliphatic heterocycles. The van der Waals surface area contributed by atoms with Crippen molar-refractivity contribution in [1.82, 2.24) is 9.97 Å². The minimum absolute atomic E-state index is 0.827. The van der Waals surface area contributed by atoms with Gasteiger partial charge in [-0.15, -0.1) is 0 Å². The first-order valence-corrected chi connectivity index (χ1v) is 4.40. The van der Waals surface area contributed by atoms with E-state index >= 15 is 0 Å². The Morgan fingerprint density at radius 2 is 2.15 bits per heavy atom. The van der Waals surface area contributed by atoms with Crippen molar-refractivity contribution in [3.63, 3.8) is 0 Å². The lowest BCUT2D eigenvalue weighted by Crippen LogP contribution is -1.90. The van der Waals surface area contributed by atoms with Crippen LogP contribution >= 0.6 is 0 Å². The van der Waals surface area contributed by atoms with Crippen LogP contribution in [0.3, 0.4) is 0 Å². The second-order valence-electron chi connectivity index (χ2n) is 2.96. The Kier molecular flexibility index (Phi) is 2.21. The van der Waals surface area contributed by atoms with Crippen molar-refractivity contribution in [1.29, 1.82) is 0 Å². The van der Waals surface area contributed by atoms with Crippen LogP contribution in [0.1, 0.15) is 12.1 Å². The van der Waals surface area contributed by atoms with E-state index in [4.69, 9.17) is 0 Å². The SMILES string of the molecule is [CH2]CCc1ccc2cccnc2n1. The van der Waals surface area contributed by atoms with Crippen LogP contribution in [0.15, 0.2) is 30.5 Å². The molecule has 0 bridgehead atoms. The Morgan fingerprint density at radius 3 is 3.00 bits per heavy atom. The van der Waals surface area contributed by atoms with Gasteiger partial charge in [-0.25, -0.2) is 9.97 Å². The van der Waals surface area contributed by atoms with Crippen molar-refractivity contribution in [3.05, 3.63) is 43.1 Å². The molecule has 0 saturated carbocycles. The van der Waals surface area contributed by atoms with Crippen LogP contribution in [0.25, 0.3) is 11.0 Å². The van der Waals surface area contributed by atoms with Gasteiger partial charge in [0.1, 0.15) is 0 Å². The van der Waals surface area contributed by atoms with E-state index in [9.17, 15) is 0 Å². The third-order valence-electron chi connectivity index (χ3n) is 1.95. The Bertz CT molecular complexity index is 410. The summed E-state index contributed by atoms with van der Waals surface area (Å²) >= 11 is 0. The van der Waals surface area contributed by atoms with Crippen LogP contribution in [0.2, 0.25) is 0 Å². The molecule has 13 heavy (non-hydrogen) atoms. The van der Waals surface area contributed by atoms with Crippen LogP contribution in [0, 0.1) is 6.92 Å². The van der Waals surface area contributed by atoms with Crippen LogP contribution in [0.5, 0.6) is 0 Å². The molecule has 0 spiro atoms. The zero-order valence-electron chi connectivity index (χ0n) is 7.40. The smallest absolute Gasteiger partial charge is 0.159 e. The van der Waals surface area contributed by atoms with E-state index < -0.39 is 0 Å². The molecule has 0 fully saturated rings. The normalized spacial score (nSPS) is 10.5. The highest BCUT2D eigenvalue weighted by Gasteiger charge is 1.96. The summed E-state index contributed by atoms with van der Waals surface area (Å²) in [5.41, 5.74) is 1.90. The number of pyridine rings is 2. The molecule has 0 atom stereocenters. The molecule has 0 amide bonds. The molecule has 0 N–H and O–H groups in total. The predicted molar refractivity (Wildman–Crippen MR) is 53.2 cm³/mol. The third kappa shape index (κ3) is 1.66. The van der Waals surface area contributed by atoms with E-state index in [1.807, 2.05) is 18.2 Å². The van der Waals surface area contributed by atoms with Crippen molar-refractivity contribution >= 4 is 11.0 Å². The highest BCUT2D eigenvalue weighted by molar-refractivity contribution is 5.74. The van der Waals surface area contributed by atoms with E-state index in [-0.39, 0.29) is 0 Å². The first-order valence-electron chi connectivity index (χ1n) is 4.40. The van der Waals surface area contributed by atoms with Gasteiger partial charge in [0, 0.05) is 17.3 Å². The monoisotopic (exact) mass is 171 g/mol. The van der Waals surface area contributed by atoms with Gasteiger partial charge in [0.2, 0.25) is 0 Å². The fourth-order valence-electron chi connectivity index (χ4n) is 1.31. The average molecular weight is 171 g/mol. The number of aromatic nitrogens is 2. The van der Waals surface area contributed by atoms with Gasteiger partial charge in [-0.3, -0.25) is 0 Å². The van der Waals surface area contributed by atoms with Crippen LogP contribution in [-0.2, 0) is 6.42 Å². The van der Waals surface area contributed by atoms with Crippen molar-refractivity contribution in [2.45, 2.75) is 12.8 Å². The van der Waals surface area contributed by atoms with Crippen molar-refractivity contribution in [2.75, 3.05) is 0 Å². The Labute approximate surface area is 77.6 Å². The molecular weight excluding hydrogens is 160 g/mol. The molecule has 0 aliphatic rings. The number of fused-ring (bicyclic) bond motifs is 1. The maximum atomic E-state index is 4.41. The molecule has 0 aromatic carbocycles. The van der Waals surface area contributed by atoms with Gasteiger partial charge in [-0.05, 0) is 37.1 Å². The van der Waals surface area contributed by atoms with E-state index in [2.05, 4.69) is 23.0 Å². The summed E-state index contributed by atoms with van der Waals surface area (Å²) in [6, 6.07) is 8.03. The number of rotatable bonds is 2. The topological polar surface area (TPSA) is 25.8 Å². The van der Waals surface area contributed by atoms with E-state index in [0.29, 0.717) is 0 Å². The molecular formula is C11H11N2. The standard InChI is InChI=1S/C11H11N2/c1-2-4-10-7-6-9-5-3-8-12-11(9)13-10/h3,5-8H,1-2,4H2. The van der Waals surface area contributed by atoms with Gasteiger partial charge >= 0.3 is 0 Å². The van der Waals surface area contributed by atoms with E-state index in [1.54, 1.807) is 6.20 Å². The Balaban J connectivity index is 2.49. The van der Waals surface area contributed by atoms with Crippen LogP contribution in [-0.4, -0.2) is 9.97 Å². The van der Waals surface area contributed by atoms with Gasteiger partial charge in [0.15, 0.2) is 5.65 Å². The Hall–Kier alpha value is -1.44. The Morgan fingerprint density at radius 1 is 1.23 bits per heavy atom. The van der Waals surface area contributed by atoms with Gasteiger partial charge in [0.05, 0.1) is 0 Å². The average Bonchev–Trinajstić information content (AvgIpc) is 2.18. The molecule has 2 aromatic heterocycles.